The third-order valence-electron chi connectivity index (χ3n) is 2.16. The van der Waals surface area contributed by atoms with Gasteiger partial charge in [-0.2, -0.15) is 0 Å². The first kappa shape index (κ1) is 11.5. The van der Waals surface area contributed by atoms with E-state index in [2.05, 4.69) is 4.74 Å². The lowest BCUT2D eigenvalue weighted by Crippen LogP contribution is -2.28. The van der Waals surface area contributed by atoms with Crippen molar-refractivity contribution in [1.29, 1.82) is 0 Å². The molecule has 0 unspecified atom stereocenters. The molecule has 0 bridgehead atoms. The summed E-state index contributed by atoms with van der Waals surface area (Å²) in [6.45, 7) is 0.438. The van der Waals surface area contributed by atoms with Gasteiger partial charge in [-0.25, -0.2) is 9.18 Å². The molecule has 0 aliphatic carbocycles. The van der Waals surface area contributed by atoms with Gasteiger partial charge in [0.2, 0.25) is 0 Å². The number of benzene rings is 1. The van der Waals surface area contributed by atoms with E-state index in [4.69, 9.17) is 0 Å². The molecule has 82 valence electrons. The lowest BCUT2D eigenvalue weighted by Gasteiger charge is -2.15. The van der Waals surface area contributed by atoms with Gasteiger partial charge in [-0.3, -0.25) is 0 Å². The fraction of sp³-hybridized carbons (Fsp3) is 0.364. The molecule has 0 aliphatic heterocycles. The van der Waals surface area contributed by atoms with Gasteiger partial charge in [0.05, 0.1) is 7.11 Å². The average molecular weight is 211 g/mol. The first-order valence-electron chi connectivity index (χ1n) is 4.67. The number of likely N-dealkylation sites (N-methyl/N-ethyl adjacent to an activating group) is 1. The number of nitrogens with zero attached hydrogens (tertiary/aromatic N) is 1. The second kappa shape index (κ2) is 5.34. The van der Waals surface area contributed by atoms with Crippen LogP contribution in [0, 0.1) is 5.82 Å². The fourth-order valence-corrected chi connectivity index (χ4v) is 1.24. The summed E-state index contributed by atoms with van der Waals surface area (Å²) >= 11 is 0. The molecule has 0 atom stereocenters. The van der Waals surface area contributed by atoms with Crippen LogP contribution in [0.5, 0.6) is 0 Å². The minimum Gasteiger partial charge on any atom is -0.453 e. The first-order valence-corrected chi connectivity index (χ1v) is 4.67. The van der Waals surface area contributed by atoms with E-state index >= 15 is 0 Å². The van der Waals surface area contributed by atoms with Gasteiger partial charge >= 0.3 is 6.09 Å². The Hall–Kier alpha value is -1.58. The van der Waals surface area contributed by atoms with Gasteiger partial charge in [-0.15, -0.1) is 0 Å². The molecule has 1 amide bonds. The van der Waals surface area contributed by atoms with Gasteiger partial charge in [0.15, 0.2) is 0 Å². The minimum atomic E-state index is -0.411. The quantitative estimate of drug-likeness (QED) is 0.766. The van der Waals surface area contributed by atoms with Crippen LogP contribution in [-0.2, 0) is 11.2 Å². The standard InChI is InChI=1S/C11H14FNO2/c1-13(11(14)15-2)8-7-9-5-3-4-6-10(9)12/h3-6H,7-8H2,1-2H3. The van der Waals surface area contributed by atoms with E-state index < -0.39 is 6.09 Å². The van der Waals surface area contributed by atoms with Crippen LogP contribution >= 0.6 is 0 Å². The van der Waals surface area contributed by atoms with E-state index in [9.17, 15) is 9.18 Å². The zero-order valence-corrected chi connectivity index (χ0v) is 8.87. The van der Waals surface area contributed by atoms with Crippen molar-refractivity contribution in [3.05, 3.63) is 35.6 Å². The van der Waals surface area contributed by atoms with Crippen molar-refractivity contribution in [3.8, 4) is 0 Å². The molecule has 15 heavy (non-hydrogen) atoms. The molecule has 0 fully saturated rings. The highest BCUT2D eigenvalue weighted by Gasteiger charge is 2.08. The van der Waals surface area contributed by atoms with Crippen molar-refractivity contribution in [2.24, 2.45) is 0 Å². The van der Waals surface area contributed by atoms with Gasteiger partial charge in [-0.1, -0.05) is 18.2 Å². The highest BCUT2D eigenvalue weighted by molar-refractivity contribution is 5.66. The van der Waals surface area contributed by atoms with Crippen molar-refractivity contribution in [2.45, 2.75) is 6.42 Å². The molecule has 0 saturated carbocycles. The molecular formula is C11H14FNO2. The Balaban J connectivity index is 2.50. The molecule has 0 heterocycles. The first-order chi connectivity index (χ1) is 7.15. The highest BCUT2D eigenvalue weighted by atomic mass is 19.1. The van der Waals surface area contributed by atoms with Gasteiger partial charge in [0.25, 0.3) is 0 Å². The van der Waals surface area contributed by atoms with Crippen molar-refractivity contribution in [3.63, 3.8) is 0 Å². The molecule has 1 rings (SSSR count). The Labute approximate surface area is 88.5 Å². The third kappa shape index (κ3) is 3.23. The maximum absolute atomic E-state index is 13.2. The van der Waals surface area contributed by atoms with Gasteiger partial charge in [-0.05, 0) is 18.1 Å². The molecule has 0 saturated heterocycles. The van der Waals surface area contributed by atoms with E-state index in [1.807, 2.05) is 0 Å². The van der Waals surface area contributed by atoms with E-state index in [1.54, 1.807) is 25.2 Å². The lowest BCUT2D eigenvalue weighted by atomic mass is 10.1. The topological polar surface area (TPSA) is 29.5 Å². The molecule has 0 aromatic heterocycles. The number of hydrogen-bond acceptors (Lipinski definition) is 2. The Morgan fingerprint density at radius 3 is 2.73 bits per heavy atom. The van der Waals surface area contributed by atoms with Gasteiger partial charge < -0.3 is 9.64 Å². The maximum atomic E-state index is 13.2. The number of ether oxygens (including phenoxy) is 1. The summed E-state index contributed by atoms with van der Waals surface area (Å²) in [5, 5.41) is 0. The van der Waals surface area contributed by atoms with Crippen LogP contribution in [0.1, 0.15) is 5.56 Å². The second-order valence-electron chi connectivity index (χ2n) is 3.23. The summed E-state index contributed by atoms with van der Waals surface area (Å²) < 4.78 is 17.7. The smallest absolute Gasteiger partial charge is 0.409 e. The Bertz CT molecular complexity index is 341. The molecule has 4 heteroatoms. The number of halogens is 1. The molecule has 1 aromatic rings. The molecule has 0 N–H and O–H groups in total. The summed E-state index contributed by atoms with van der Waals surface area (Å²) in [5.41, 5.74) is 0.605. The van der Waals surface area contributed by atoms with Gasteiger partial charge in [0, 0.05) is 13.6 Å². The Kier molecular flexibility index (Phi) is 4.09. The molecule has 1 aromatic carbocycles. The third-order valence-corrected chi connectivity index (χ3v) is 2.16. The zero-order valence-electron chi connectivity index (χ0n) is 8.87. The summed E-state index contributed by atoms with van der Waals surface area (Å²) in [6, 6.07) is 6.54. The van der Waals surface area contributed by atoms with Crippen LogP contribution < -0.4 is 0 Å². The van der Waals surface area contributed by atoms with Crippen LogP contribution in [-0.4, -0.2) is 31.7 Å². The molecule has 0 spiro atoms. The van der Waals surface area contributed by atoms with Crippen molar-refractivity contribution < 1.29 is 13.9 Å². The van der Waals surface area contributed by atoms with Gasteiger partial charge in [0.1, 0.15) is 5.82 Å². The monoisotopic (exact) mass is 211 g/mol. The van der Waals surface area contributed by atoms with E-state index in [0.717, 1.165) is 0 Å². The van der Waals surface area contributed by atoms with Crippen LogP contribution in [0.25, 0.3) is 0 Å². The zero-order chi connectivity index (χ0) is 11.3. The average Bonchev–Trinajstić information content (AvgIpc) is 2.26. The van der Waals surface area contributed by atoms with Crippen molar-refractivity contribution in [1.82, 2.24) is 4.90 Å². The summed E-state index contributed by atoms with van der Waals surface area (Å²) in [7, 11) is 2.94. The number of hydrogen-bond donors (Lipinski definition) is 0. The molecule has 3 nitrogen and oxygen atoms in total. The second-order valence-corrected chi connectivity index (χ2v) is 3.23. The molecule has 0 radical (unpaired) electrons. The van der Waals surface area contributed by atoms with Crippen LogP contribution in [0.4, 0.5) is 9.18 Å². The number of carbonyl (C=O) groups is 1. The summed E-state index contributed by atoms with van der Waals surface area (Å²) in [5.74, 6) is -0.240. The summed E-state index contributed by atoms with van der Waals surface area (Å²) in [4.78, 5) is 12.4. The Morgan fingerprint density at radius 1 is 1.47 bits per heavy atom. The van der Waals surface area contributed by atoms with E-state index in [1.165, 1.54) is 18.1 Å². The largest absolute Gasteiger partial charge is 0.453 e. The van der Waals surface area contributed by atoms with E-state index in [-0.39, 0.29) is 5.82 Å². The minimum absolute atomic E-state index is 0.240. The Morgan fingerprint density at radius 2 is 2.13 bits per heavy atom. The number of carbonyl (C=O) groups excluding carboxylic acids is 1. The number of methoxy groups -OCH3 is 1. The predicted molar refractivity (Wildman–Crippen MR) is 55.1 cm³/mol. The van der Waals surface area contributed by atoms with Crippen LogP contribution in [0.15, 0.2) is 24.3 Å². The predicted octanol–water partition coefficient (Wildman–Crippen LogP) is 2.07. The number of amides is 1. The van der Waals surface area contributed by atoms with Crippen LogP contribution in [0.3, 0.4) is 0 Å². The maximum Gasteiger partial charge on any atom is 0.409 e. The van der Waals surface area contributed by atoms with Crippen molar-refractivity contribution >= 4 is 6.09 Å². The summed E-state index contributed by atoms with van der Waals surface area (Å²) in [6.07, 6.45) is 0.0736. The highest BCUT2D eigenvalue weighted by Crippen LogP contribution is 2.07. The molecule has 0 aliphatic rings. The lowest BCUT2D eigenvalue weighted by molar-refractivity contribution is 0.133. The fourth-order valence-electron chi connectivity index (χ4n) is 1.24. The SMILES string of the molecule is COC(=O)N(C)CCc1ccccc1F. The van der Waals surface area contributed by atoms with Crippen LogP contribution in [0.2, 0.25) is 0 Å². The molecular weight excluding hydrogens is 197 g/mol. The van der Waals surface area contributed by atoms with Crippen molar-refractivity contribution in [2.75, 3.05) is 20.7 Å². The van der Waals surface area contributed by atoms with E-state index in [0.29, 0.717) is 18.5 Å². The normalized spacial score (nSPS) is 9.80. The number of rotatable bonds is 3.